The lowest BCUT2D eigenvalue weighted by atomic mass is 10.1. The Balaban J connectivity index is 2.17. The summed E-state index contributed by atoms with van der Waals surface area (Å²) in [4.78, 5) is 25.0. The number of rotatable bonds is 5. The van der Waals surface area contributed by atoms with Gasteiger partial charge in [-0.3, -0.25) is 4.79 Å². The quantitative estimate of drug-likeness (QED) is 0.889. The second-order valence-corrected chi connectivity index (χ2v) is 5.26. The van der Waals surface area contributed by atoms with Crippen LogP contribution in [0.1, 0.15) is 12.5 Å². The van der Waals surface area contributed by atoms with Crippen LogP contribution in [0.5, 0.6) is 5.75 Å². The van der Waals surface area contributed by atoms with Gasteiger partial charge in [0.15, 0.2) is 6.04 Å². The molecule has 1 saturated heterocycles. The number of carboxylic acids is 1. The molecular formula is C15H18ClNO5. The maximum absolute atomic E-state index is 12.5. The van der Waals surface area contributed by atoms with Gasteiger partial charge >= 0.3 is 5.97 Å². The first-order chi connectivity index (χ1) is 10.5. The predicted molar refractivity (Wildman–Crippen MR) is 80.3 cm³/mol. The van der Waals surface area contributed by atoms with Gasteiger partial charge in [0, 0.05) is 12.1 Å². The molecule has 0 aliphatic carbocycles. The van der Waals surface area contributed by atoms with Crippen molar-refractivity contribution in [3.05, 3.63) is 28.8 Å². The maximum atomic E-state index is 12.5. The number of aliphatic carboxylic acids is 1. The molecule has 1 fully saturated rings. The Hall–Kier alpha value is -1.79. The lowest BCUT2D eigenvalue weighted by Crippen LogP contribution is -2.53. The number of halogens is 1. The van der Waals surface area contributed by atoms with Crippen LogP contribution in [0.15, 0.2) is 18.2 Å². The van der Waals surface area contributed by atoms with Gasteiger partial charge in [0.1, 0.15) is 5.75 Å². The zero-order valence-corrected chi connectivity index (χ0v) is 13.0. The van der Waals surface area contributed by atoms with E-state index in [9.17, 15) is 14.7 Å². The monoisotopic (exact) mass is 327 g/mol. The molecule has 7 heteroatoms. The summed E-state index contributed by atoms with van der Waals surface area (Å²) in [6.45, 7) is 2.87. The van der Waals surface area contributed by atoms with Gasteiger partial charge in [-0.15, -0.1) is 0 Å². The first-order valence-electron chi connectivity index (χ1n) is 7.04. The van der Waals surface area contributed by atoms with E-state index < -0.39 is 12.0 Å². The summed E-state index contributed by atoms with van der Waals surface area (Å²) in [7, 11) is 0. The zero-order chi connectivity index (χ0) is 16.1. The number of amides is 1. The highest BCUT2D eigenvalue weighted by atomic mass is 35.5. The number of carboxylic acid groups (broad SMARTS) is 1. The summed E-state index contributed by atoms with van der Waals surface area (Å²) in [5, 5.41) is 9.62. The molecule has 2 rings (SSSR count). The molecule has 1 aromatic rings. The molecule has 0 saturated carbocycles. The van der Waals surface area contributed by atoms with Crippen molar-refractivity contribution in [3.8, 4) is 5.75 Å². The van der Waals surface area contributed by atoms with Gasteiger partial charge in [-0.1, -0.05) is 23.7 Å². The van der Waals surface area contributed by atoms with Crippen molar-refractivity contribution in [1.29, 1.82) is 0 Å². The first-order valence-corrected chi connectivity index (χ1v) is 7.42. The summed E-state index contributed by atoms with van der Waals surface area (Å²) >= 11 is 6.09. The Morgan fingerprint density at radius 1 is 1.50 bits per heavy atom. The van der Waals surface area contributed by atoms with Crippen LogP contribution < -0.4 is 4.74 Å². The largest absolute Gasteiger partial charge is 0.492 e. The van der Waals surface area contributed by atoms with Crippen LogP contribution >= 0.6 is 11.6 Å². The number of nitrogens with zero attached hydrogens (tertiary/aromatic N) is 1. The number of morpholine rings is 1. The van der Waals surface area contributed by atoms with Crippen molar-refractivity contribution in [2.24, 2.45) is 0 Å². The van der Waals surface area contributed by atoms with Crippen molar-refractivity contribution in [2.75, 3.05) is 26.4 Å². The molecule has 120 valence electrons. The Morgan fingerprint density at radius 2 is 2.27 bits per heavy atom. The van der Waals surface area contributed by atoms with E-state index in [0.717, 1.165) is 0 Å². The minimum absolute atomic E-state index is 0.00887. The molecule has 1 atom stereocenters. The highest BCUT2D eigenvalue weighted by Crippen LogP contribution is 2.29. The van der Waals surface area contributed by atoms with Crippen molar-refractivity contribution in [2.45, 2.75) is 19.4 Å². The standard InChI is InChI=1S/C15H18ClNO5/c1-2-22-14-10(4-3-5-11(14)16)8-13(18)17-6-7-21-9-12(17)15(19)20/h3-5,12H,2,6-9H2,1H3,(H,19,20). The third-order valence-electron chi connectivity index (χ3n) is 3.41. The minimum Gasteiger partial charge on any atom is -0.492 e. The molecule has 1 unspecified atom stereocenters. The van der Waals surface area contributed by atoms with Crippen LogP contribution in [0.25, 0.3) is 0 Å². The lowest BCUT2D eigenvalue weighted by Gasteiger charge is -2.33. The number of benzene rings is 1. The molecule has 0 bridgehead atoms. The summed E-state index contributed by atoms with van der Waals surface area (Å²) in [5.74, 6) is -0.872. The van der Waals surface area contributed by atoms with E-state index in [-0.39, 0.29) is 25.5 Å². The molecular weight excluding hydrogens is 310 g/mol. The first kappa shape index (κ1) is 16.6. The van der Waals surface area contributed by atoms with Crippen molar-refractivity contribution < 1.29 is 24.2 Å². The molecule has 1 aliphatic rings. The lowest BCUT2D eigenvalue weighted by molar-refractivity contribution is -0.158. The molecule has 1 aliphatic heterocycles. The Morgan fingerprint density at radius 3 is 2.95 bits per heavy atom. The van der Waals surface area contributed by atoms with Crippen molar-refractivity contribution in [1.82, 2.24) is 4.90 Å². The Kier molecular flexibility index (Phi) is 5.63. The van der Waals surface area contributed by atoms with Crippen molar-refractivity contribution in [3.63, 3.8) is 0 Å². The highest BCUT2D eigenvalue weighted by molar-refractivity contribution is 6.32. The van der Waals surface area contributed by atoms with Crippen LogP contribution in [0.2, 0.25) is 5.02 Å². The maximum Gasteiger partial charge on any atom is 0.328 e. The second-order valence-electron chi connectivity index (χ2n) is 4.85. The molecule has 1 heterocycles. The van der Waals surface area contributed by atoms with E-state index in [1.807, 2.05) is 6.92 Å². The highest BCUT2D eigenvalue weighted by Gasteiger charge is 2.32. The number of ether oxygens (including phenoxy) is 2. The number of para-hydroxylation sites is 1. The van der Waals surface area contributed by atoms with Crippen LogP contribution in [0.4, 0.5) is 0 Å². The third-order valence-corrected chi connectivity index (χ3v) is 3.71. The fourth-order valence-corrected chi connectivity index (χ4v) is 2.62. The smallest absolute Gasteiger partial charge is 0.328 e. The van der Waals surface area contributed by atoms with E-state index in [2.05, 4.69) is 0 Å². The van der Waals surface area contributed by atoms with Gasteiger partial charge in [0.2, 0.25) is 5.91 Å². The van der Waals surface area contributed by atoms with E-state index in [1.165, 1.54) is 4.90 Å². The summed E-state index contributed by atoms with van der Waals surface area (Å²) in [5.41, 5.74) is 0.648. The SMILES string of the molecule is CCOc1c(Cl)cccc1CC(=O)N1CCOCC1C(=O)O. The Bertz CT molecular complexity index is 563. The average Bonchev–Trinajstić information content (AvgIpc) is 2.50. The third kappa shape index (κ3) is 3.69. The van der Waals surface area contributed by atoms with Crippen molar-refractivity contribution >= 4 is 23.5 Å². The van der Waals surface area contributed by atoms with E-state index in [0.29, 0.717) is 29.5 Å². The summed E-state index contributed by atoms with van der Waals surface area (Å²) in [6.07, 6.45) is 0.0413. The fourth-order valence-electron chi connectivity index (χ4n) is 2.37. The molecule has 1 amide bonds. The van der Waals surface area contributed by atoms with Gasteiger partial charge in [0.25, 0.3) is 0 Å². The predicted octanol–water partition coefficient (Wildman–Crippen LogP) is 1.59. The van der Waals surface area contributed by atoms with Gasteiger partial charge < -0.3 is 19.5 Å². The second kappa shape index (κ2) is 7.47. The Labute approximate surface area is 133 Å². The molecule has 0 spiro atoms. The molecule has 1 aromatic carbocycles. The molecule has 22 heavy (non-hydrogen) atoms. The average molecular weight is 328 g/mol. The number of hydrogen-bond donors (Lipinski definition) is 1. The van der Waals surface area contributed by atoms with E-state index >= 15 is 0 Å². The number of carbonyl (C=O) groups excluding carboxylic acids is 1. The molecule has 0 aromatic heterocycles. The molecule has 1 N–H and O–H groups in total. The van der Waals surface area contributed by atoms with Gasteiger partial charge in [-0.25, -0.2) is 4.79 Å². The van der Waals surface area contributed by atoms with Crippen LogP contribution in [-0.2, 0) is 20.7 Å². The minimum atomic E-state index is -1.07. The van der Waals surface area contributed by atoms with Crippen LogP contribution in [0, 0.1) is 0 Å². The molecule has 0 radical (unpaired) electrons. The van der Waals surface area contributed by atoms with E-state index in [1.54, 1.807) is 18.2 Å². The fraction of sp³-hybridized carbons (Fsp3) is 0.467. The summed E-state index contributed by atoms with van der Waals surface area (Å²) in [6, 6.07) is 4.23. The normalized spacial score (nSPS) is 18.1. The molecule has 6 nitrogen and oxygen atoms in total. The van der Waals surface area contributed by atoms with Gasteiger partial charge in [-0.05, 0) is 13.0 Å². The van der Waals surface area contributed by atoms with Gasteiger partial charge in [0.05, 0.1) is 31.3 Å². The summed E-state index contributed by atoms with van der Waals surface area (Å²) < 4.78 is 10.6. The van der Waals surface area contributed by atoms with Gasteiger partial charge in [-0.2, -0.15) is 0 Å². The number of carbonyl (C=O) groups is 2. The van der Waals surface area contributed by atoms with Crippen LogP contribution in [-0.4, -0.2) is 54.3 Å². The van der Waals surface area contributed by atoms with Crippen LogP contribution in [0.3, 0.4) is 0 Å². The topological polar surface area (TPSA) is 76.1 Å². The van der Waals surface area contributed by atoms with E-state index in [4.69, 9.17) is 21.1 Å². The number of hydrogen-bond acceptors (Lipinski definition) is 4. The zero-order valence-electron chi connectivity index (χ0n) is 12.3.